The van der Waals surface area contributed by atoms with E-state index in [1.807, 2.05) is 6.92 Å². The molecule has 3 nitrogen and oxygen atoms in total. The molecule has 0 unspecified atom stereocenters. The van der Waals surface area contributed by atoms with E-state index in [4.69, 9.17) is 4.74 Å². The fourth-order valence-electron chi connectivity index (χ4n) is 2.62. The highest BCUT2D eigenvalue weighted by atomic mass is 16.5. The highest BCUT2D eigenvalue weighted by Crippen LogP contribution is 2.38. The van der Waals surface area contributed by atoms with Crippen molar-refractivity contribution in [3.8, 4) is 5.75 Å². The summed E-state index contributed by atoms with van der Waals surface area (Å²) in [5.74, 6) is -0.0714. The molecule has 112 valence electrons. The molecule has 0 aliphatic rings. The summed E-state index contributed by atoms with van der Waals surface area (Å²) in [4.78, 5) is 11.3. The smallest absolute Gasteiger partial charge is 0.335 e. The SMILES string of the molecule is CCCCCC(C)(C)c1cc(C(=O)O)cc(C)c1OC. The fourth-order valence-corrected chi connectivity index (χ4v) is 2.62. The summed E-state index contributed by atoms with van der Waals surface area (Å²) in [5, 5.41) is 9.24. The Bertz CT molecular complexity index is 475. The van der Waals surface area contributed by atoms with Crippen LogP contribution in [0.1, 0.15) is 67.9 Å². The molecule has 0 heterocycles. The summed E-state index contributed by atoms with van der Waals surface area (Å²) in [5.41, 5.74) is 2.12. The first-order valence-electron chi connectivity index (χ1n) is 7.26. The number of carboxylic acid groups (broad SMARTS) is 1. The number of benzene rings is 1. The van der Waals surface area contributed by atoms with Crippen molar-refractivity contribution in [1.29, 1.82) is 0 Å². The fraction of sp³-hybridized carbons (Fsp3) is 0.588. The van der Waals surface area contributed by atoms with Gasteiger partial charge >= 0.3 is 5.97 Å². The third-order valence-corrected chi connectivity index (χ3v) is 3.86. The van der Waals surface area contributed by atoms with Crippen LogP contribution in [0.3, 0.4) is 0 Å². The summed E-state index contributed by atoms with van der Waals surface area (Å²) < 4.78 is 5.51. The van der Waals surface area contributed by atoms with Gasteiger partial charge in [0.15, 0.2) is 0 Å². The number of aryl methyl sites for hydroxylation is 1. The molecule has 0 aliphatic heterocycles. The van der Waals surface area contributed by atoms with E-state index in [1.165, 1.54) is 12.8 Å². The molecule has 1 aromatic rings. The van der Waals surface area contributed by atoms with E-state index in [9.17, 15) is 9.90 Å². The number of aromatic carboxylic acids is 1. The van der Waals surface area contributed by atoms with Crippen LogP contribution in [0.2, 0.25) is 0 Å². The lowest BCUT2D eigenvalue weighted by molar-refractivity contribution is 0.0696. The van der Waals surface area contributed by atoms with Gasteiger partial charge in [-0.2, -0.15) is 0 Å². The molecule has 0 radical (unpaired) electrons. The summed E-state index contributed by atoms with van der Waals surface area (Å²) in [7, 11) is 1.65. The second-order valence-electron chi connectivity index (χ2n) is 6.02. The van der Waals surface area contributed by atoms with E-state index in [0.717, 1.165) is 29.7 Å². The van der Waals surface area contributed by atoms with Gasteiger partial charge in [-0.1, -0.05) is 40.0 Å². The molecule has 20 heavy (non-hydrogen) atoms. The molecule has 0 fully saturated rings. The maximum absolute atomic E-state index is 11.3. The zero-order valence-corrected chi connectivity index (χ0v) is 13.2. The molecule has 1 aromatic carbocycles. The van der Waals surface area contributed by atoms with Gasteiger partial charge in [-0.25, -0.2) is 4.79 Å². The molecule has 1 rings (SSSR count). The van der Waals surface area contributed by atoms with Crippen LogP contribution in [-0.4, -0.2) is 18.2 Å². The van der Waals surface area contributed by atoms with Crippen LogP contribution in [0.4, 0.5) is 0 Å². The number of carboxylic acids is 1. The first-order valence-corrected chi connectivity index (χ1v) is 7.26. The molecular formula is C17H26O3. The van der Waals surface area contributed by atoms with Crippen molar-refractivity contribution in [2.45, 2.75) is 58.8 Å². The Morgan fingerprint density at radius 3 is 2.45 bits per heavy atom. The van der Waals surface area contributed by atoms with E-state index in [2.05, 4.69) is 20.8 Å². The van der Waals surface area contributed by atoms with Gasteiger partial charge in [-0.05, 0) is 36.5 Å². The number of ether oxygens (including phenoxy) is 1. The molecule has 3 heteroatoms. The van der Waals surface area contributed by atoms with Crippen molar-refractivity contribution in [3.05, 3.63) is 28.8 Å². The van der Waals surface area contributed by atoms with Gasteiger partial charge in [0.25, 0.3) is 0 Å². The molecular weight excluding hydrogens is 252 g/mol. The molecule has 0 bridgehead atoms. The average Bonchev–Trinajstić information content (AvgIpc) is 2.37. The average molecular weight is 278 g/mol. The first kappa shape index (κ1) is 16.5. The lowest BCUT2D eigenvalue weighted by Crippen LogP contribution is -2.19. The minimum atomic E-state index is -0.888. The standard InChI is InChI=1S/C17H26O3/c1-6-7-8-9-17(3,4)14-11-13(16(18)19)10-12(2)15(14)20-5/h10-11H,6-9H2,1-5H3,(H,18,19). The van der Waals surface area contributed by atoms with Gasteiger partial charge in [-0.3, -0.25) is 0 Å². The third kappa shape index (κ3) is 3.75. The zero-order chi connectivity index (χ0) is 15.3. The molecule has 0 aliphatic carbocycles. The Morgan fingerprint density at radius 1 is 1.30 bits per heavy atom. The van der Waals surface area contributed by atoms with Crippen molar-refractivity contribution >= 4 is 5.97 Å². The molecule has 0 spiro atoms. The van der Waals surface area contributed by atoms with Crippen LogP contribution in [0.25, 0.3) is 0 Å². The number of hydrogen-bond acceptors (Lipinski definition) is 2. The van der Waals surface area contributed by atoms with Crippen molar-refractivity contribution in [1.82, 2.24) is 0 Å². The van der Waals surface area contributed by atoms with Crippen LogP contribution in [-0.2, 0) is 5.41 Å². The largest absolute Gasteiger partial charge is 0.496 e. The quantitative estimate of drug-likeness (QED) is 0.744. The van der Waals surface area contributed by atoms with Gasteiger partial charge in [0, 0.05) is 5.56 Å². The highest BCUT2D eigenvalue weighted by Gasteiger charge is 2.26. The van der Waals surface area contributed by atoms with Crippen molar-refractivity contribution in [3.63, 3.8) is 0 Å². The number of unbranched alkanes of at least 4 members (excludes halogenated alkanes) is 2. The highest BCUT2D eigenvalue weighted by molar-refractivity contribution is 5.88. The Morgan fingerprint density at radius 2 is 1.95 bits per heavy atom. The molecule has 0 atom stereocenters. The van der Waals surface area contributed by atoms with Crippen LogP contribution in [0, 0.1) is 6.92 Å². The molecule has 0 amide bonds. The van der Waals surface area contributed by atoms with E-state index in [-0.39, 0.29) is 5.41 Å². The predicted molar refractivity (Wildman–Crippen MR) is 81.9 cm³/mol. The predicted octanol–water partition coefficient (Wildman–Crippen LogP) is 4.56. The second-order valence-corrected chi connectivity index (χ2v) is 6.02. The molecule has 0 saturated heterocycles. The summed E-state index contributed by atoms with van der Waals surface area (Å²) in [6.45, 7) is 8.40. The minimum Gasteiger partial charge on any atom is -0.496 e. The Balaban J connectivity index is 3.22. The van der Waals surface area contributed by atoms with Crippen molar-refractivity contribution in [2.24, 2.45) is 0 Å². The van der Waals surface area contributed by atoms with Crippen LogP contribution >= 0.6 is 0 Å². The van der Waals surface area contributed by atoms with Crippen molar-refractivity contribution < 1.29 is 14.6 Å². The Kier molecular flexibility index (Phi) is 5.61. The minimum absolute atomic E-state index is 0.0866. The molecule has 0 aromatic heterocycles. The second kappa shape index (κ2) is 6.78. The van der Waals surface area contributed by atoms with Gasteiger partial charge in [0.05, 0.1) is 12.7 Å². The lowest BCUT2D eigenvalue weighted by Gasteiger charge is -2.28. The van der Waals surface area contributed by atoms with Gasteiger partial charge < -0.3 is 9.84 Å². The summed E-state index contributed by atoms with van der Waals surface area (Å²) in [6, 6.07) is 3.44. The van der Waals surface area contributed by atoms with Gasteiger partial charge in [-0.15, -0.1) is 0 Å². The number of hydrogen-bond donors (Lipinski definition) is 1. The lowest BCUT2D eigenvalue weighted by atomic mass is 9.78. The first-order chi connectivity index (χ1) is 9.33. The Hall–Kier alpha value is -1.51. The summed E-state index contributed by atoms with van der Waals surface area (Å²) >= 11 is 0. The Labute approximate surface area is 122 Å². The number of rotatable bonds is 7. The topological polar surface area (TPSA) is 46.5 Å². The normalized spacial score (nSPS) is 11.4. The van der Waals surface area contributed by atoms with Crippen molar-refractivity contribution in [2.75, 3.05) is 7.11 Å². The van der Waals surface area contributed by atoms with Gasteiger partial charge in [0.2, 0.25) is 0 Å². The summed E-state index contributed by atoms with van der Waals surface area (Å²) in [6.07, 6.45) is 4.55. The maximum Gasteiger partial charge on any atom is 0.335 e. The number of carbonyl (C=O) groups is 1. The van der Waals surface area contributed by atoms with E-state index >= 15 is 0 Å². The zero-order valence-electron chi connectivity index (χ0n) is 13.2. The van der Waals surface area contributed by atoms with Crippen LogP contribution < -0.4 is 4.74 Å². The number of methoxy groups -OCH3 is 1. The van der Waals surface area contributed by atoms with Crippen LogP contribution in [0.5, 0.6) is 5.75 Å². The monoisotopic (exact) mass is 278 g/mol. The molecule has 1 N–H and O–H groups in total. The van der Waals surface area contributed by atoms with Gasteiger partial charge in [0.1, 0.15) is 5.75 Å². The van der Waals surface area contributed by atoms with Crippen LogP contribution in [0.15, 0.2) is 12.1 Å². The molecule has 0 saturated carbocycles. The maximum atomic E-state index is 11.3. The van der Waals surface area contributed by atoms with E-state index < -0.39 is 5.97 Å². The third-order valence-electron chi connectivity index (χ3n) is 3.86. The van der Waals surface area contributed by atoms with E-state index in [0.29, 0.717) is 5.56 Å². The van der Waals surface area contributed by atoms with E-state index in [1.54, 1.807) is 19.2 Å².